The molecule has 3 rings (SSSR count). The number of aryl methyl sites for hydroxylation is 1. The average Bonchev–Trinajstić information content (AvgIpc) is 2.95. The molecule has 0 spiro atoms. The van der Waals surface area contributed by atoms with Crippen molar-refractivity contribution in [1.29, 1.82) is 0 Å². The van der Waals surface area contributed by atoms with E-state index in [4.69, 9.17) is 0 Å². The normalized spacial score (nSPS) is 12.5. The number of carbonyl (C=O) groups excluding carboxylic acids is 1. The van der Waals surface area contributed by atoms with Crippen molar-refractivity contribution in [2.45, 2.75) is 44.0 Å². The van der Waals surface area contributed by atoms with Gasteiger partial charge in [-0.1, -0.05) is 43.0 Å². The van der Waals surface area contributed by atoms with Crippen molar-refractivity contribution >= 4 is 44.4 Å². The Hall–Kier alpha value is -2.19. The summed E-state index contributed by atoms with van der Waals surface area (Å²) in [6.07, 6.45) is 0. The molecule has 2 N–H and O–H groups in total. The molecule has 1 atom stereocenters. The summed E-state index contributed by atoms with van der Waals surface area (Å²) in [5.41, 5.74) is 2.53. The fourth-order valence-corrected chi connectivity index (χ4v) is 4.10. The number of fused-ring (bicyclic) bond motifs is 1. The molecule has 0 saturated carbocycles. The molecule has 2 heterocycles. The maximum absolute atomic E-state index is 12.5. The van der Waals surface area contributed by atoms with Gasteiger partial charge in [0, 0.05) is 6.07 Å². The van der Waals surface area contributed by atoms with Crippen LogP contribution in [0.3, 0.4) is 0 Å². The molecule has 0 aliphatic carbocycles. The van der Waals surface area contributed by atoms with Gasteiger partial charge < -0.3 is 10.3 Å². The Balaban J connectivity index is 1.72. The summed E-state index contributed by atoms with van der Waals surface area (Å²) in [6, 6.07) is 7.48. The van der Waals surface area contributed by atoms with Crippen molar-refractivity contribution in [3.63, 3.8) is 0 Å². The molecule has 1 amide bonds. The van der Waals surface area contributed by atoms with Crippen molar-refractivity contribution in [3.8, 4) is 0 Å². The van der Waals surface area contributed by atoms with Crippen LogP contribution in [0.2, 0.25) is 0 Å². The second-order valence-corrected chi connectivity index (χ2v) is 8.73. The molecular formula is C18H20N4O2S2. The first-order valence-corrected chi connectivity index (χ1v) is 9.97. The highest BCUT2D eigenvalue weighted by molar-refractivity contribution is 8.00. The van der Waals surface area contributed by atoms with E-state index in [-0.39, 0.29) is 17.4 Å². The van der Waals surface area contributed by atoms with E-state index in [9.17, 15) is 9.59 Å². The highest BCUT2D eigenvalue weighted by Gasteiger charge is 2.18. The molecule has 8 heteroatoms. The Morgan fingerprint density at radius 1 is 1.23 bits per heavy atom. The van der Waals surface area contributed by atoms with Gasteiger partial charge in [-0.25, -0.2) is 9.97 Å². The first-order valence-electron chi connectivity index (χ1n) is 8.28. The number of hydrogen-bond acceptors (Lipinski definition) is 6. The van der Waals surface area contributed by atoms with Crippen LogP contribution in [0.1, 0.15) is 37.9 Å². The van der Waals surface area contributed by atoms with E-state index in [0.717, 1.165) is 15.8 Å². The second kappa shape index (κ2) is 7.59. The van der Waals surface area contributed by atoms with Crippen LogP contribution in [-0.4, -0.2) is 26.1 Å². The zero-order valence-electron chi connectivity index (χ0n) is 15.0. The van der Waals surface area contributed by atoms with Crippen LogP contribution >= 0.6 is 23.1 Å². The third kappa shape index (κ3) is 4.31. The third-order valence-corrected chi connectivity index (χ3v) is 5.68. The van der Waals surface area contributed by atoms with Gasteiger partial charge in [0.25, 0.3) is 5.56 Å². The molecule has 0 radical (unpaired) electrons. The standard InChI is InChI=1S/C18H20N4O2S2/c1-9(2)13-8-15(23)21-17(20-13)25-11(4)16(24)22-18-19-12-6-5-10(3)7-14(12)26-18/h5-9,11H,1-4H3,(H,19,22,24)(H,20,21,23). The van der Waals surface area contributed by atoms with Crippen LogP contribution < -0.4 is 10.9 Å². The van der Waals surface area contributed by atoms with Gasteiger partial charge in [-0.3, -0.25) is 9.59 Å². The molecule has 3 aromatic rings. The van der Waals surface area contributed by atoms with Crippen molar-refractivity contribution < 1.29 is 4.79 Å². The molecule has 1 unspecified atom stereocenters. The van der Waals surface area contributed by atoms with Gasteiger partial charge in [0.1, 0.15) is 0 Å². The Morgan fingerprint density at radius 2 is 2.00 bits per heavy atom. The van der Waals surface area contributed by atoms with Crippen LogP contribution in [0.5, 0.6) is 0 Å². The quantitative estimate of drug-likeness (QED) is 0.511. The summed E-state index contributed by atoms with van der Waals surface area (Å²) in [4.78, 5) is 35.8. The van der Waals surface area contributed by atoms with Crippen LogP contribution in [0.25, 0.3) is 10.2 Å². The molecule has 0 aliphatic heterocycles. The van der Waals surface area contributed by atoms with Crippen LogP contribution in [0.15, 0.2) is 34.2 Å². The zero-order valence-corrected chi connectivity index (χ0v) is 16.6. The lowest BCUT2D eigenvalue weighted by atomic mass is 10.1. The predicted octanol–water partition coefficient (Wildman–Crippen LogP) is 3.93. The fraction of sp³-hybridized carbons (Fsp3) is 0.333. The van der Waals surface area contributed by atoms with E-state index in [1.807, 2.05) is 39.0 Å². The maximum atomic E-state index is 12.5. The molecule has 1 aromatic carbocycles. The first kappa shape index (κ1) is 18.6. The van der Waals surface area contributed by atoms with Gasteiger partial charge in [0.05, 0.1) is 21.2 Å². The number of amides is 1. The molecule has 6 nitrogen and oxygen atoms in total. The number of nitrogens with one attached hydrogen (secondary N) is 2. The summed E-state index contributed by atoms with van der Waals surface area (Å²) >= 11 is 2.67. The highest BCUT2D eigenvalue weighted by Crippen LogP contribution is 2.28. The Morgan fingerprint density at radius 3 is 2.73 bits per heavy atom. The van der Waals surface area contributed by atoms with E-state index in [1.165, 1.54) is 29.2 Å². The van der Waals surface area contributed by atoms with Gasteiger partial charge in [0.15, 0.2) is 10.3 Å². The van der Waals surface area contributed by atoms with Crippen molar-refractivity contribution in [3.05, 3.63) is 45.9 Å². The smallest absolute Gasteiger partial charge is 0.251 e. The number of nitrogens with zero attached hydrogens (tertiary/aromatic N) is 2. The lowest BCUT2D eigenvalue weighted by molar-refractivity contribution is -0.115. The molecule has 0 fully saturated rings. The van der Waals surface area contributed by atoms with E-state index in [2.05, 4.69) is 20.3 Å². The lowest BCUT2D eigenvalue weighted by Gasteiger charge is -2.11. The van der Waals surface area contributed by atoms with Gasteiger partial charge in [0.2, 0.25) is 5.91 Å². The molecule has 0 bridgehead atoms. The monoisotopic (exact) mass is 388 g/mol. The fourth-order valence-electron chi connectivity index (χ4n) is 2.32. The first-order chi connectivity index (χ1) is 12.3. The minimum Gasteiger partial charge on any atom is -0.301 e. The van der Waals surface area contributed by atoms with Crippen LogP contribution in [-0.2, 0) is 4.79 Å². The second-order valence-electron chi connectivity index (χ2n) is 6.37. The molecule has 0 saturated heterocycles. The molecular weight excluding hydrogens is 368 g/mol. The Kier molecular flexibility index (Phi) is 5.43. The number of carbonyl (C=O) groups is 1. The number of thioether (sulfide) groups is 1. The number of benzene rings is 1. The summed E-state index contributed by atoms with van der Waals surface area (Å²) < 4.78 is 1.04. The number of rotatable bonds is 5. The van der Waals surface area contributed by atoms with Crippen molar-refractivity contribution in [1.82, 2.24) is 15.0 Å². The predicted molar refractivity (Wildman–Crippen MR) is 107 cm³/mol. The highest BCUT2D eigenvalue weighted by atomic mass is 32.2. The van der Waals surface area contributed by atoms with Gasteiger partial charge in [-0.05, 0) is 37.5 Å². The van der Waals surface area contributed by atoms with Gasteiger partial charge in [-0.15, -0.1) is 0 Å². The van der Waals surface area contributed by atoms with Crippen LogP contribution in [0, 0.1) is 6.92 Å². The Labute approximate surface area is 159 Å². The summed E-state index contributed by atoms with van der Waals surface area (Å²) in [5.74, 6) is -0.0321. The largest absolute Gasteiger partial charge is 0.301 e. The minimum atomic E-state index is -0.422. The van der Waals surface area contributed by atoms with E-state index in [0.29, 0.717) is 16.0 Å². The van der Waals surface area contributed by atoms with Crippen molar-refractivity contribution in [2.24, 2.45) is 0 Å². The van der Waals surface area contributed by atoms with Gasteiger partial charge >= 0.3 is 0 Å². The number of thiazole rings is 1. The number of anilines is 1. The third-order valence-electron chi connectivity index (χ3n) is 3.76. The zero-order chi connectivity index (χ0) is 18.8. The molecule has 2 aromatic heterocycles. The van der Waals surface area contributed by atoms with E-state index in [1.54, 1.807) is 6.92 Å². The number of aromatic amines is 1. The lowest BCUT2D eigenvalue weighted by Crippen LogP contribution is -2.23. The number of aromatic nitrogens is 3. The van der Waals surface area contributed by atoms with Crippen molar-refractivity contribution in [2.75, 3.05) is 5.32 Å². The van der Waals surface area contributed by atoms with Gasteiger partial charge in [-0.2, -0.15) is 0 Å². The minimum absolute atomic E-state index is 0.145. The molecule has 0 aliphatic rings. The maximum Gasteiger partial charge on any atom is 0.251 e. The number of hydrogen-bond donors (Lipinski definition) is 2. The summed E-state index contributed by atoms with van der Waals surface area (Å²) in [6.45, 7) is 7.75. The molecule has 26 heavy (non-hydrogen) atoms. The topological polar surface area (TPSA) is 87.7 Å². The van der Waals surface area contributed by atoms with Crippen LogP contribution in [0.4, 0.5) is 5.13 Å². The Bertz CT molecular complexity index is 1010. The SMILES string of the molecule is Cc1ccc2nc(NC(=O)C(C)Sc3nc(C(C)C)cc(=O)[nH]3)sc2c1. The molecule has 136 valence electrons. The summed E-state index contributed by atoms with van der Waals surface area (Å²) in [5, 5.41) is 3.45. The average molecular weight is 389 g/mol. The van der Waals surface area contributed by atoms with E-state index < -0.39 is 5.25 Å². The number of H-pyrrole nitrogens is 1. The van der Waals surface area contributed by atoms with E-state index >= 15 is 0 Å². The summed E-state index contributed by atoms with van der Waals surface area (Å²) in [7, 11) is 0.